The monoisotopic (exact) mass is 492 g/mol. The summed E-state index contributed by atoms with van der Waals surface area (Å²) in [6, 6.07) is 24.6. The Bertz CT molecular complexity index is 1350. The number of aromatic nitrogens is 1. The van der Waals surface area contributed by atoms with Gasteiger partial charge in [0.2, 0.25) is 0 Å². The van der Waals surface area contributed by atoms with E-state index in [1.165, 1.54) is 96.4 Å². The molecule has 0 radical (unpaired) electrons. The first-order valence-corrected chi connectivity index (χ1v) is 14.7. The average Bonchev–Trinajstić information content (AvgIpc) is 3.85. The van der Waals surface area contributed by atoms with Gasteiger partial charge in [-0.2, -0.15) is 0 Å². The van der Waals surface area contributed by atoms with Crippen molar-refractivity contribution in [2.24, 2.45) is 5.92 Å². The van der Waals surface area contributed by atoms with Crippen molar-refractivity contribution in [2.75, 3.05) is 11.9 Å². The highest BCUT2D eigenvalue weighted by Crippen LogP contribution is 2.46. The molecule has 0 amide bonds. The van der Waals surface area contributed by atoms with Crippen LogP contribution in [0, 0.1) is 12.8 Å². The van der Waals surface area contributed by atoms with Gasteiger partial charge in [-0.15, -0.1) is 0 Å². The van der Waals surface area contributed by atoms with Crippen LogP contribution in [0.5, 0.6) is 0 Å². The predicted octanol–water partition coefficient (Wildman–Crippen LogP) is 9.84. The Balaban J connectivity index is 0.000000165. The zero-order chi connectivity index (χ0) is 25.6. The molecule has 194 valence electrons. The van der Waals surface area contributed by atoms with Gasteiger partial charge in [0.15, 0.2) is 0 Å². The van der Waals surface area contributed by atoms with E-state index in [-0.39, 0.29) is 0 Å². The van der Waals surface area contributed by atoms with Crippen LogP contribution in [0.15, 0.2) is 77.9 Å². The van der Waals surface area contributed by atoms with Crippen molar-refractivity contribution >= 4 is 27.5 Å². The van der Waals surface area contributed by atoms with Gasteiger partial charge >= 0.3 is 0 Å². The highest BCUT2D eigenvalue weighted by Gasteiger charge is 2.32. The van der Waals surface area contributed by atoms with E-state index in [4.69, 9.17) is 0 Å². The molecule has 0 spiro atoms. The number of hydrogen-bond acceptors (Lipinski definition) is 1. The van der Waals surface area contributed by atoms with Crippen molar-refractivity contribution < 1.29 is 0 Å². The molecule has 0 saturated heterocycles. The van der Waals surface area contributed by atoms with E-state index in [1.54, 1.807) is 11.1 Å². The molecule has 2 nitrogen and oxygen atoms in total. The molecule has 4 aromatic rings. The number of para-hydroxylation sites is 1. The maximum atomic E-state index is 3.31. The number of anilines is 1. The first-order valence-electron chi connectivity index (χ1n) is 14.7. The average molecular weight is 493 g/mol. The number of rotatable bonds is 10. The lowest BCUT2D eigenvalue weighted by Gasteiger charge is -2.11. The van der Waals surface area contributed by atoms with Crippen molar-refractivity contribution in [2.45, 2.75) is 85.1 Å². The van der Waals surface area contributed by atoms with Crippen molar-refractivity contribution in [1.82, 2.24) is 4.57 Å². The minimum atomic E-state index is 0.888. The number of benzene rings is 3. The fourth-order valence-corrected chi connectivity index (χ4v) is 5.59. The topological polar surface area (TPSA) is 17.0 Å². The summed E-state index contributed by atoms with van der Waals surface area (Å²) in [6.07, 6.45) is 12.1. The Morgan fingerprint density at radius 1 is 0.838 bits per heavy atom. The lowest BCUT2D eigenvalue weighted by Crippen LogP contribution is -2.03. The fourth-order valence-electron chi connectivity index (χ4n) is 5.59. The van der Waals surface area contributed by atoms with Gasteiger partial charge in [-0.1, -0.05) is 74.2 Å². The van der Waals surface area contributed by atoms with Crippen LogP contribution in [0.1, 0.15) is 76.3 Å². The molecule has 2 heteroatoms. The van der Waals surface area contributed by atoms with Crippen LogP contribution in [-0.2, 0) is 13.0 Å². The van der Waals surface area contributed by atoms with Crippen LogP contribution < -0.4 is 5.32 Å². The van der Waals surface area contributed by atoms with E-state index in [9.17, 15) is 0 Å². The number of nitrogens with one attached hydrogen (secondary N) is 1. The largest absolute Gasteiger partial charge is 0.385 e. The zero-order valence-corrected chi connectivity index (χ0v) is 23.2. The number of fused-ring (bicyclic) bond motifs is 3. The van der Waals surface area contributed by atoms with Gasteiger partial charge in [0.1, 0.15) is 0 Å². The summed E-state index contributed by atoms with van der Waals surface area (Å²) in [6.45, 7) is 8.68. The molecule has 0 atom stereocenters. The zero-order valence-electron chi connectivity index (χ0n) is 23.2. The smallest absolute Gasteiger partial charge is 0.0497 e. The quantitative estimate of drug-likeness (QED) is 0.172. The van der Waals surface area contributed by atoms with Crippen LogP contribution in [0.2, 0.25) is 0 Å². The number of allylic oxidation sites excluding steroid dienone is 2. The molecule has 1 N–H and O–H groups in total. The SMILES string of the molecule is CCCCCCc1ccc(NCC)cc1.Cc1ccc2c3ccccc3n(CC(=C3CC3)C3CC3)c2c1. The van der Waals surface area contributed by atoms with Gasteiger partial charge in [-0.25, -0.2) is 0 Å². The Labute approximate surface area is 223 Å². The van der Waals surface area contributed by atoms with E-state index in [2.05, 4.69) is 97.4 Å². The maximum absolute atomic E-state index is 3.31. The Kier molecular flexibility index (Phi) is 8.34. The number of nitrogens with zero attached hydrogens (tertiary/aromatic N) is 1. The second kappa shape index (κ2) is 12.0. The second-order valence-corrected chi connectivity index (χ2v) is 11.1. The molecule has 0 aliphatic heterocycles. The first-order chi connectivity index (χ1) is 18.2. The predicted molar refractivity (Wildman–Crippen MR) is 162 cm³/mol. The molecule has 1 heterocycles. The minimum Gasteiger partial charge on any atom is -0.385 e. The molecular formula is C35H44N2. The van der Waals surface area contributed by atoms with E-state index in [1.807, 2.05) is 0 Å². The molecule has 6 rings (SSSR count). The summed E-state index contributed by atoms with van der Waals surface area (Å²) >= 11 is 0. The van der Waals surface area contributed by atoms with Gasteiger partial charge in [0.05, 0.1) is 0 Å². The van der Waals surface area contributed by atoms with Crippen LogP contribution in [0.3, 0.4) is 0 Å². The summed E-state index contributed by atoms with van der Waals surface area (Å²) in [5.41, 5.74) is 10.3. The highest BCUT2D eigenvalue weighted by atomic mass is 15.0. The van der Waals surface area contributed by atoms with Crippen LogP contribution in [-0.4, -0.2) is 11.1 Å². The van der Waals surface area contributed by atoms with Crippen LogP contribution in [0.4, 0.5) is 5.69 Å². The first kappa shape index (κ1) is 25.6. The lowest BCUT2D eigenvalue weighted by molar-refractivity contribution is 0.667. The Hall–Kier alpha value is -3.00. The Morgan fingerprint density at radius 2 is 1.59 bits per heavy atom. The van der Waals surface area contributed by atoms with Crippen molar-refractivity contribution in [3.63, 3.8) is 0 Å². The number of unbranched alkanes of at least 4 members (excludes halogenated alkanes) is 3. The molecule has 2 aliphatic carbocycles. The molecule has 2 aliphatic rings. The van der Waals surface area contributed by atoms with Gasteiger partial charge in [-0.3, -0.25) is 0 Å². The summed E-state index contributed by atoms with van der Waals surface area (Å²) in [5.74, 6) is 0.888. The van der Waals surface area contributed by atoms with Gasteiger partial charge < -0.3 is 9.88 Å². The molecule has 0 bridgehead atoms. The standard InChI is InChI=1S/C21H21N.C14H23N/c1-14-6-11-18-17-4-2-3-5-20(17)22(21(18)12-14)13-19(15-7-8-15)16-9-10-16;1-3-5-6-7-8-13-9-11-14(12-10-13)15-4-2/h2-6,11-12,15H,7-10,13H2,1H3;9-12,15H,3-8H2,1-2H3. The van der Waals surface area contributed by atoms with E-state index < -0.39 is 0 Å². The van der Waals surface area contributed by atoms with Crippen molar-refractivity contribution in [3.05, 3.63) is 89.0 Å². The summed E-state index contributed by atoms with van der Waals surface area (Å²) in [4.78, 5) is 0. The lowest BCUT2D eigenvalue weighted by atomic mass is 10.1. The molecule has 0 unspecified atom stereocenters. The van der Waals surface area contributed by atoms with Crippen LogP contribution >= 0.6 is 0 Å². The van der Waals surface area contributed by atoms with E-state index >= 15 is 0 Å². The molecule has 3 aromatic carbocycles. The molecule has 2 saturated carbocycles. The van der Waals surface area contributed by atoms with Crippen molar-refractivity contribution in [3.8, 4) is 0 Å². The van der Waals surface area contributed by atoms with E-state index in [0.717, 1.165) is 19.0 Å². The molecule has 2 fully saturated rings. The maximum Gasteiger partial charge on any atom is 0.0497 e. The summed E-state index contributed by atoms with van der Waals surface area (Å²) in [7, 11) is 0. The molecule has 1 aromatic heterocycles. The third-order valence-corrected chi connectivity index (χ3v) is 7.94. The number of aryl methyl sites for hydroxylation is 2. The van der Waals surface area contributed by atoms with Crippen LogP contribution in [0.25, 0.3) is 21.8 Å². The van der Waals surface area contributed by atoms with Crippen molar-refractivity contribution in [1.29, 1.82) is 0 Å². The van der Waals surface area contributed by atoms with E-state index in [0.29, 0.717) is 0 Å². The third-order valence-electron chi connectivity index (χ3n) is 7.94. The number of hydrogen-bond donors (Lipinski definition) is 1. The molecule has 37 heavy (non-hydrogen) atoms. The minimum absolute atomic E-state index is 0.888. The van der Waals surface area contributed by atoms with Gasteiger partial charge in [0.25, 0.3) is 0 Å². The Morgan fingerprint density at radius 3 is 2.30 bits per heavy atom. The molecular weight excluding hydrogens is 448 g/mol. The normalized spacial score (nSPS) is 14.5. The highest BCUT2D eigenvalue weighted by molar-refractivity contribution is 6.08. The summed E-state index contributed by atoms with van der Waals surface area (Å²) in [5, 5.41) is 6.11. The third kappa shape index (κ3) is 6.47. The fraction of sp³-hybridized carbons (Fsp3) is 0.429. The second-order valence-electron chi connectivity index (χ2n) is 11.1. The summed E-state index contributed by atoms with van der Waals surface area (Å²) < 4.78 is 2.57. The van der Waals surface area contributed by atoms with Gasteiger partial charge in [0, 0.05) is 40.6 Å². The van der Waals surface area contributed by atoms with Gasteiger partial charge in [-0.05, 0) is 99.3 Å².